The third-order valence-electron chi connectivity index (χ3n) is 6.56. The van der Waals surface area contributed by atoms with E-state index in [4.69, 9.17) is 4.98 Å². The maximum Gasteiger partial charge on any atom is 0.328 e. The van der Waals surface area contributed by atoms with Gasteiger partial charge >= 0.3 is 5.69 Å². The van der Waals surface area contributed by atoms with Crippen LogP contribution in [0, 0.1) is 0 Å². The van der Waals surface area contributed by atoms with Gasteiger partial charge in [0.05, 0.1) is 28.2 Å². The zero-order valence-electron chi connectivity index (χ0n) is 18.4. The fourth-order valence-electron chi connectivity index (χ4n) is 4.74. The van der Waals surface area contributed by atoms with Gasteiger partial charge < -0.3 is 4.90 Å². The van der Waals surface area contributed by atoms with Crippen molar-refractivity contribution in [3.63, 3.8) is 0 Å². The van der Waals surface area contributed by atoms with Crippen LogP contribution in [0.3, 0.4) is 0 Å². The molecule has 33 heavy (non-hydrogen) atoms. The van der Waals surface area contributed by atoms with Gasteiger partial charge in [-0.25, -0.2) is 27.0 Å². The summed E-state index contributed by atoms with van der Waals surface area (Å²) in [5.74, 6) is 0.512. The van der Waals surface area contributed by atoms with E-state index in [1.54, 1.807) is 26.2 Å². The number of pyridine rings is 1. The summed E-state index contributed by atoms with van der Waals surface area (Å²) in [5, 5.41) is 0. The summed E-state index contributed by atoms with van der Waals surface area (Å²) < 4.78 is 53.8. The molecule has 0 fully saturated rings. The molecular weight excluding hydrogens is 450 g/mol. The average Bonchev–Trinajstić information content (AvgIpc) is 3.01. The number of halogens is 2. The van der Waals surface area contributed by atoms with Gasteiger partial charge in [0.2, 0.25) is 0 Å². The minimum Gasteiger partial charge on any atom is -0.326 e. The molecule has 0 N–H and O–H groups in total. The van der Waals surface area contributed by atoms with Crippen LogP contribution in [0.1, 0.15) is 36.1 Å². The molecular formula is C23H24F2N4O3S. The van der Waals surface area contributed by atoms with E-state index >= 15 is 0 Å². The molecule has 0 aliphatic carbocycles. The highest BCUT2D eigenvalue weighted by Crippen LogP contribution is 2.38. The first kappa shape index (κ1) is 21.8. The monoisotopic (exact) mass is 474 g/mol. The number of aromatic nitrogens is 3. The molecule has 0 saturated heterocycles. The number of imidazole rings is 1. The Bertz CT molecular complexity index is 1470. The van der Waals surface area contributed by atoms with Crippen LogP contribution in [0.5, 0.6) is 0 Å². The number of hydrogen-bond donors (Lipinski definition) is 0. The van der Waals surface area contributed by atoms with Crippen molar-refractivity contribution in [2.45, 2.75) is 25.7 Å². The molecule has 0 atom stereocenters. The van der Waals surface area contributed by atoms with Crippen molar-refractivity contribution < 1.29 is 17.2 Å². The Labute approximate surface area is 189 Å². The molecule has 0 bridgehead atoms. The van der Waals surface area contributed by atoms with Gasteiger partial charge in [0.25, 0.3) is 6.43 Å². The van der Waals surface area contributed by atoms with Gasteiger partial charge in [-0.2, -0.15) is 0 Å². The second-order valence-corrected chi connectivity index (χ2v) is 10.9. The van der Waals surface area contributed by atoms with Crippen molar-refractivity contribution in [1.82, 2.24) is 14.1 Å². The Morgan fingerprint density at radius 2 is 1.88 bits per heavy atom. The Balaban J connectivity index is 1.74. The number of benzene rings is 1. The van der Waals surface area contributed by atoms with Gasteiger partial charge in [0.1, 0.15) is 5.82 Å². The predicted molar refractivity (Wildman–Crippen MR) is 124 cm³/mol. The molecule has 2 aliphatic heterocycles. The van der Waals surface area contributed by atoms with Crippen molar-refractivity contribution >= 4 is 37.9 Å². The summed E-state index contributed by atoms with van der Waals surface area (Å²) in [4.78, 5) is 19.5. The molecule has 0 spiro atoms. The van der Waals surface area contributed by atoms with Gasteiger partial charge in [-0.1, -0.05) is 18.2 Å². The Morgan fingerprint density at radius 3 is 2.58 bits per heavy atom. The molecule has 1 aromatic carbocycles. The molecule has 4 heterocycles. The summed E-state index contributed by atoms with van der Waals surface area (Å²) in [6.45, 7) is 0.603. The number of rotatable bonds is 3. The van der Waals surface area contributed by atoms with Crippen LogP contribution in [0.4, 0.5) is 20.3 Å². The van der Waals surface area contributed by atoms with Gasteiger partial charge in [-0.05, 0) is 36.5 Å². The lowest BCUT2D eigenvalue weighted by atomic mass is 9.99. The maximum atomic E-state index is 13.4. The zero-order valence-corrected chi connectivity index (χ0v) is 19.2. The normalized spacial score (nSPS) is 18.0. The SMILES string of the molecule is Cn1c(=O)n(C)c2c(C3=CCS(=O)(=O)CC3)nc(N3CCCc4ccc(C(F)F)cc43)cc21. The van der Waals surface area contributed by atoms with E-state index in [-0.39, 0.29) is 22.8 Å². The number of sulfone groups is 1. The Hall–Kier alpha value is -3.01. The van der Waals surface area contributed by atoms with E-state index in [0.29, 0.717) is 41.2 Å². The molecule has 2 aromatic heterocycles. The first-order valence-electron chi connectivity index (χ1n) is 10.8. The van der Waals surface area contributed by atoms with Gasteiger partial charge in [-0.3, -0.25) is 9.13 Å². The third kappa shape index (κ3) is 3.66. The topological polar surface area (TPSA) is 77.2 Å². The smallest absolute Gasteiger partial charge is 0.326 e. The lowest BCUT2D eigenvalue weighted by Gasteiger charge is -2.31. The summed E-state index contributed by atoms with van der Waals surface area (Å²) in [5.41, 5.74) is 4.04. The first-order valence-corrected chi connectivity index (χ1v) is 12.6. The highest BCUT2D eigenvalue weighted by atomic mass is 32.2. The van der Waals surface area contributed by atoms with E-state index in [1.807, 2.05) is 11.0 Å². The quantitative estimate of drug-likeness (QED) is 0.581. The average molecular weight is 475 g/mol. The van der Waals surface area contributed by atoms with Crippen molar-refractivity contribution in [2.75, 3.05) is 23.0 Å². The van der Waals surface area contributed by atoms with Crippen LogP contribution in [-0.4, -0.2) is 40.6 Å². The summed E-state index contributed by atoms with van der Waals surface area (Å²) in [6, 6.07) is 6.53. The van der Waals surface area contributed by atoms with E-state index in [9.17, 15) is 22.0 Å². The van der Waals surface area contributed by atoms with Gasteiger partial charge in [0, 0.05) is 38.0 Å². The largest absolute Gasteiger partial charge is 0.328 e. The third-order valence-corrected chi connectivity index (χ3v) is 8.06. The Morgan fingerprint density at radius 1 is 1.09 bits per heavy atom. The fraction of sp³-hybridized carbons (Fsp3) is 0.391. The van der Waals surface area contributed by atoms with Crippen LogP contribution in [-0.2, 0) is 30.4 Å². The van der Waals surface area contributed by atoms with Crippen molar-refractivity contribution in [3.05, 3.63) is 57.6 Å². The van der Waals surface area contributed by atoms with Crippen molar-refractivity contribution in [3.8, 4) is 0 Å². The molecule has 0 unspecified atom stereocenters. The molecule has 5 rings (SSSR count). The van der Waals surface area contributed by atoms with Gasteiger partial charge in [0.15, 0.2) is 9.84 Å². The highest BCUT2D eigenvalue weighted by Gasteiger charge is 2.27. The van der Waals surface area contributed by atoms with Gasteiger partial charge in [-0.15, -0.1) is 0 Å². The molecule has 0 radical (unpaired) electrons. The summed E-state index contributed by atoms with van der Waals surface area (Å²) in [6.07, 6.45) is 1.03. The second-order valence-electron chi connectivity index (χ2n) is 8.64. The number of fused-ring (bicyclic) bond motifs is 2. The van der Waals surface area contributed by atoms with Crippen LogP contribution in [0.15, 0.2) is 35.1 Å². The summed E-state index contributed by atoms with van der Waals surface area (Å²) >= 11 is 0. The number of aryl methyl sites for hydroxylation is 3. The lowest BCUT2D eigenvalue weighted by Crippen LogP contribution is -2.26. The van der Waals surface area contributed by atoms with E-state index in [2.05, 4.69) is 0 Å². The van der Waals surface area contributed by atoms with Crippen LogP contribution >= 0.6 is 0 Å². The zero-order chi connectivity index (χ0) is 23.5. The van der Waals surface area contributed by atoms with Crippen molar-refractivity contribution in [1.29, 1.82) is 0 Å². The molecule has 0 saturated carbocycles. The van der Waals surface area contributed by atoms with Crippen LogP contribution in [0.25, 0.3) is 16.6 Å². The minimum absolute atomic E-state index is 0.0251. The van der Waals surface area contributed by atoms with E-state index in [1.165, 1.54) is 21.3 Å². The maximum absolute atomic E-state index is 13.4. The summed E-state index contributed by atoms with van der Waals surface area (Å²) in [7, 11) is 0.212. The number of anilines is 2. The van der Waals surface area contributed by atoms with E-state index in [0.717, 1.165) is 24.0 Å². The molecule has 3 aromatic rings. The number of hydrogen-bond acceptors (Lipinski definition) is 5. The molecule has 10 heteroatoms. The second kappa shape index (κ2) is 7.79. The number of nitrogens with zero attached hydrogens (tertiary/aromatic N) is 4. The lowest BCUT2D eigenvalue weighted by molar-refractivity contribution is 0.151. The van der Waals surface area contributed by atoms with Crippen molar-refractivity contribution in [2.24, 2.45) is 14.1 Å². The van der Waals surface area contributed by atoms with Crippen LogP contribution < -0.4 is 10.6 Å². The molecule has 7 nitrogen and oxygen atoms in total. The predicted octanol–water partition coefficient (Wildman–Crippen LogP) is 3.50. The first-order chi connectivity index (χ1) is 15.7. The van der Waals surface area contributed by atoms with Crippen LogP contribution in [0.2, 0.25) is 0 Å². The Kier molecular flexibility index (Phi) is 5.15. The van der Waals surface area contributed by atoms with E-state index < -0.39 is 16.3 Å². The molecule has 0 amide bonds. The minimum atomic E-state index is -3.13. The number of allylic oxidation sites excluding steroid dienone is 1. The number of alkyl halides is 2. The highest BCUT2D eigenvalue weighted by molar-refractivity contribution is 7.91. The standard InChI is InChI=1S/C23H24F2N4O3S/c1-27-18-13-19(29-9-3-4-14-5-6-16(22(24)25)12-17(14)29)26-20(21(18)28(2)23(27)30)15-7-10-33(31,32)11-8-15/h5-7,12-13,22H,3-4,8-11H2,1-2H3. The molecule has 174 valence electrons. The molecule has 2 aliphatic rings. The fourth-order valence-corrected chi connectivity index (χ4v) is 5.90.